The molecule has 0 spiro atoms. The fourth-order valence-electron chi connectivity index (χ4n) is 3.48. The molecule has 1 saturated heterocycles. The third-order valence-corrected chi connectivity index (χ3v) is 5.25. The number of amides is 1. The van der Waals surface area contributed by atoms with Gasteiger partial charge >= 0.3 is 0 Å². The SMILES string of the molecule is Cc1ccc([C@@H](C[NH+]2CCOCC2)NC(=O)CCC(=O)c2ccc(F)cc2)cc1. The molecular weight excluding hydrogens is 371 g/mol. The molecule has 5 nitrogen and oxygen atoms in total. The Morgan fingerprint density at radius 2 is 1.69 bits per heavy atom. The molecule has 6 heteroatoms. The number of quaternary nitrogens is 1. The van der Waals surface area contributed by atoms with Gasteiger partial charge in [-0.3, -0.25) is 9.59 Å². The highest BCUT2D eigenvalue weighted by atomic mass is 19.1. The Morgan fingerprint density at radius 3 is 2.34 bits per heavy atom. The average molecular weight is 399 g/mol. The molecule has 1 heterocycles. The summed E-state index contributed by atoms with van der Waals surface area (Å²) in [7, 11) is 0. The van der Waals surface area contributed by atoms with Crippen LogP contribution in [-0.2, 0) is 9.53 Å². The maximum absolute atomic E-state index is 13.0. The van der Waals surface area contributed by atoms with Crippen molar-refractivity contribution in [1.82, 2.24) is 5.32 Å². The van der Waals surface area contributed by atoms with Gasteiger partial charge in [0.15, 0.2) is 5.78 Å². The third-order valence-electron chi connectivity index (χ3n) is 5.25. The van der Waals surface area contributed by atoms with Gasteiger partial charge in [0.1, 0.15) is 31.5 Å². The van der Waals surface area contributed by atoms with Gasteiger partial charge in [-0.2, -0.15) is 0 Å². The number of carbonyl (C=O) groups excluding carboxylic acids is 2. The standard InChI is InChI=1S/C23H27FN2O3/c1-17-2-4-18(5-3-17)21(16-26-12-14-29-15-13-26)25-23(28)11-10-22(27)19-6-8-20(24)9-7-19/h2-9,21H,10-16H2,1H3,(H,25,28)/p+1/t21-/m1/s1. The van der Waals surface area contributed by atoms with E-state index in [-0.39, 0.29) is 36.4 Å². The van der Waals surface area contributed by atoms with E-state index in [1.54, 1.807) is 0 Å². The number of hydrogen-bond acceptors (Lipinski definition) is 3. The van der Waals surface area contributed by atoms with E-state index in [1.165, 1.54) is 34.7 Å². The number of rotatable bonds is 8. The first-order valence-electron chi connectivity index (χ1n) is 10.1. The molecular formula is C23H28FN2O3+. The van der Waals surface area contributed by atoms with Crippen LogP contribution in [0.15, 0.2) is 48.5 Å². The Labute approximate surface area is 170 Å². The molecule has 2 aromatic rings. The first-order chi connectivity index (χ1) is 14.0. The molecule has 154 valence electrons. The number of aryl methyl sites for hydroxylation is 1. The Hall–Kier alpha value is -2.57. The Kier molecular flexibility index (Phi) is 7.49. The van der Waals surface area contributed by atoms with Crippen molar-refractivity contribution in [3.8, 4) is 0 Å². The molecule has 1 fully saturated rings. The second-order valence-electron chi connectivity index (χ2n) is 7.53. The van der Waals surface area contributed by atoms with Gasteiger partial charge in [-0.25, -0.2) is 4.39 Å². The molecule has 1 atom stereocenters. The van der Waals surface area contributed by atoms with Crippen molar-refractivity contribution in [2.75, 3.05) is 32.8 Å². The van der Waals surface area contributed by atoms with E-state index in [2.05, 4.69) is 5.32 Å². The minimum Gasteiger partial charge on any atom is -0.370 e. The second-order valence-corrected chi connectivity index (χ2v) is 7.53. The summed E-state index contributed by atoms with van der Waals surface area (Å²) in [6.45, 7) is 6.12. The van der Waals surface area contributed by atoms with Crippen LogP contribution in [0.5, 0.6) is 0 Å². The average Bonchev–Trinajstić information content (AvgIpc) is 2.73. The second kappa shape index (κ2) is 10.3. The van der Waals surface area contributed by atoms with Gasteiger partial charge in [0.05, 0.1) is 13.2 Å². The van der Waals surface area contributed by atoms with Gasteiger partial charge in [-0.1, -0.05) is 29.8 Å². The summed E-state index contributed by atoms with van der Waals surface area (Å²) in [5, 5.41) is 3.10. The van der Waals surface area contributed by atoms with Crippen molar-refractivity contribution in [2.24, 2.45) is 0 Å². The minimum atomic E-state index is -0.383. The molecule has 3 rings (SSSR count). The predicted molar refractivity (Wildman–Crippen MR) is 108 cm³/mol. The van der Waals surface area contributed by atoms with Crippen molar-refractivity contribution in [1.29, 1.82) is 0 Å². The van der Waals surface area contributed by atoms with E-state index >= 15 is 0 Å². The van der Waals surface area contributed by atoms with E-state index < -0.39 is 0 Å². The van der Waals surface area contributed by atoms with Crippen LogP contribution >= 0.6 is 0 Å². The summed E-state index contributed by atoms with van der Waals surface area (Å²) in [4.78, 5) is 26.2. The van der Waals surface area contributed by atoms with Crippen LogP contribution in [0.25, 0.3) is 0 Å². The summed E-state index contributed by atoms with van der Waals surface area (Å²) in [6.07, 6.45) is 0.208. The number of halogens is 1. The van der Waals surface area contributed by atoms with Crippen molar-refractivity contribution >= 4 is 11.7 Å². The number of ketones is 1. The van der Waals surface area contributed by atoms with Crippen molar-refractivity contribution < 1.29 is 23.6 Å². The third kappa shape index (κ3) is 6.48. The smallest absolute Gasteiger partial charge is 0.221 e. The van der Waals surface area contributed by atoms with Gasteiger partial charge in [0.25, 0.3) is 0 Å². The zero-order valence-electron chi connectivity index (χ0n) is 16.7. The Morgan fingerprint density at radius 1 is 1.03 bits per heavy atom. The summed E-state index contributed by atoms with van der Waals surface area (Å²) >= 11 is 0. The number of ether oxygens (including phenoxy) is 1. The van der Waals surface area contributed by atoms with Gasteiger partial charge in [0, 0.05) is 18.4 Å². The lowest BCUT2D eigenvalue weighted by Crippen LogP contribution is -3.14. The van der Waals surface area contributed by atoms with Crippen LogP contribution in [0.4, 0.5) is 4.39 Å². The van der Waals surface area contributed by atoms with Crippen LogP contribution in [0.1, 0.15) is 40.4 Å². The molecule has 0 aliphatic carbocycles. The first-order valence-corrected chi connectivity index (χ1v) is 10.1. The zero-order chi connectivity index (χ0) is 20.6. The highest BCUT2D eigenvalue weighted by Gasteiger charge is 2.23. The van der Waals surface area contributed by atoms with Gasteiger partial charge in [-0.15, -0.1) is 0 Å². The van der Waals surface area contributed by atoms with Crippen LogP contribution < -0.4 is 10.2 Å². The van der Waals surface area contributed by atoms with E-state index in [4.69, 9.17) is 4.74 Å². The molecule has 2 N–H and O–H groups in total. The minimum absolute atomic E-state index is 0.0997. The number of nitrogens with one attached hydrogen (secondary N) is 2. The van der Waals surface area contributed by atoms with E-state index in [1.807, 2.05) is 31.2 Å². The monoisotopic (exact) mass is 399 g/mol. The molecule has 0 radical (unpaired) electrons. The lowest BCUT2D eigenvalue weighted by molar-refractivity contribution is -0.909. The summed E-state index contributed by atoms with van der Waals surface area (Å²) in [5.41, 5.74) is 2.65. The maximum atomic E-state index is 13.0. The van der Waals surface area contributed by atoms with Gasteiger partial charge in [0.2, 0.25) is 5.91 Å². The molecule has 0 aromatic heterocycles. The number of benzene rings is 2. The number of Topliss-reactive ketones (excluding diaryl/α,β-unsaturated/α-hetero) is 1. The van der Waals surface area contributed by atoms with Crippen molar-refractivity contribution in [2.45, 2.75) is 25.8 Å². The molecule has 1 aliphatic heterocycles. The number of morpholine rings is 1. The van der Waals surface area contributed by atoms with Crippen LogP contribution in [0.3, 0.4) is 0 Å². The maximum Gasteiger partial charge on any atom is 0.221 e. The first kappa shape index (κ1) is 21.1. The quantitative estimate of drug-likeness (QED) is 0.667. The number of hydrogen-bond donors (Lipinski definition) is 2. The fraction of sp³-hybridized carbons (Fsp3) is 0.391. The molecule has 0 bridgehead atoms. The van der Waals surface area contributed by atoms with E-state index in [9.17, 15) is 14.0 Å². The van der Waals surface area contributed by atoms with Gasteiger partial charge in [-0.05, 0) is 36.8 Å². The summed E-state index contributed by atoms with van der Waals surface area (Å²) in [6, 6.07) is 13.5. The Balaban J connectivity index is 1.59. The molecule has 1 amide bonds. The highest BCUT2D eigenvalue weighted by Crippen LogP contribution is 2.14. The van der Waals surface area contributed by atoms with E-state index in [0.717, 1.165) is 38.4 Å². The van der Waals surface area contributed by atoms with Crippen molar-refractivity contribution in [3.63, 3.8) is 0 Å². The highest BCUT2D eigenvalue weighted by molar-refractivity contribution is 5.97. The van der Waals surface area contributed by atoms with Gasteiger partial charge < -0.3 is 15.0 Å². The normalized spacial score (nSPS) is 15.7. The number of carbonyl (C=O) groups is 2. The molecule has 2 aromatic carbocycles. The largest absolute Gasteiger partial charge is 0.370 e. The molecule has 0 saturated carbocycles. The molecule has 1 aliphatic rings. The van der Waals surface area contributed by atoms with Crippen molar-refractivity contribution in [3.05, 3.63) is 71.0 Å². The Bertz CT molecular complexity index is 815. The van der Waals surface area contributed by atoms with Crippen LogP contribution in [0.2, 0.25) is 0 Å². The summed E-state index contributed by atoms with van der Waals surface area (Å²) < 4.78 is 18.4. The zero-order valence-corrected chi connectivity index (χ0v) is 16.7. The topological polar surface area (TPSA) is 59.8 Å². The fourth-order valence-corrected chi connectivity index (χ4v) is 3.48. The predicted octanol–water partition coefficient (Wildman–Crippen LogP) is 1.87. The van der Waals surface area contributed by atoms with Crippen LogP contribution in [0, 0.1) is 12.7 Å². The molecule has 0 unspecified atom stereocenters. The van der Waals surface area contributed by atoms with Crippen LogP contribution in [-0.4, -0.2) is 44.5 Å². The summed E-state index contributed by atoms with van der Waals surface area (Å²) in [5.74, 6) is -0.699. The lowest BCUT2D eigenvalue weighted by Gasteiger charge is -2.28. The van der Waals surface area contributed by atoms with E-state index in [0.29, 0.717) is 5.56 Å². The lowest BCUT2D eigenvalue weighted by atomic mass is 10.0. The molecule has 29 heavy (non-hydrogen) atoms.